The third-order valence-corrected chi connectivity index (χ3v) is 4.07. The molecule has 1 aromatic carbocycles. The van der Waals surface area contributed by atoms with Crippen LogP contribution in [0.5, 0.6) is 11.5 Å². The highest BCUT2D eigenvalue weighted by atomic mass is 16.7. The molecule has 0 aliphatic carbocycles. The largest absolute Gasteiger partial charge is 0.454 e. The number of benzene rings is 1. The molecule has 0 fully saturated rings. The Labute approximate surface area is 153 Å². The van der Waals surface area contributed by atoms with E-state index in [1.807, 2.05) is 18.2 Å². The molecule has 7 heteroatoms. The van der Waals surface area contributed by atoms with Crippen LogP contribution < -0.4 is 19.7 Å². The van der Waals surface area contributed by atoms with Crippen molar-refractivity contribution in [2.75, 3.05) is 24.8 Å². The molecular formula is C19H24N4O3. The smallest absolute Gasteiger partial charge is 0.271 e. The topological polar surface area (TPSA) is 76.6 Å². The second kappa shape index (κ2) is 8.51. The van der Waals surface area contributed by atoms with Crippen molar-refractivity contribution in [3.05, 3.63) is 41.9 Å². The highest BCUT2D eigenvalue weighted by Gasteiger charge is 2.14. The molecule has 2 aromatic rings. The lowest BCUT2D eigenvalue weighted by molar-refractivity contribution is 0.0945. The van der Waals surface area contributed by atoms with Crippen molar-refractivity contribution in [2.24, 2.45) is 0 Å². The van der Waals surface area contributed by atoms with E-state index in [2.05, 4.69) is 34.0 Å². The molecule has 138 valence electrons. The van der Waals surface area contributed by atoms with Gasteiger partial charge in [-0.15, -0.1) is 0 Å². The normalized spacial score (nSPS) is 12.1. The molecule has 0 atom stereocenters. The number of aromatic nitrogens is 2. The number of rotatable bonds is 8. The van der Waals surface area contributed by atoms with E-state index >= 15 is 0 Å². The first-order valence-electron chi connectivity index (χ1n) is 8.95. The van der Waals surface area contributed by atoms with Crippen LogP contribution in [0.3, 0.4) is 0 Å². The molecule has 0 saturated carbocycles. The Bertz CT molecular complexity index is 743. The van der Waals surface area contributed by atoms with E-state index in [4.69, 9.17) is 9.47 Å². The van der Waals surface area contributed by atoms with Crippen LogP contribution >= 0.6 is 0 Å². The van der Waals surface area contributed by atoms with Crippen LogP contribution in [-0.2, 0) is 6.54 Å². The first-order valence-corrected chi connectivity index (χ1v) is 8.95. The summed E-state index contributed by atoms with van der Waals surface area (Å²) < 4.78 is 10.6. The number of hydrogen-bond donors (Lipinski definition) is 1. The predicted octanol–water partition coefficient (Wildman–Crippen LogP) is 2.76. The van der Waals surface area contributed by atoms with Crippen molar-refractivity contribution < 1.29 is 14.3 Å². The number of hydrogen-bond acceptors (Lipinski definition) is 6. The van der Waals surface area contributed by atoms with Gasteiger partial charge in [-0.25, -0.2) is 9.97 Å². The molecule has 1 amide bonds. The fourth-order valence-corrected chi connectivity index (χ4v) is 2.81. The Morgan fingerprint density at radius 3 is 2.58 bits per heavy atom. The Balaban J connectivity index is 1.59. The van der Waals surface area contributed by atoms with Gasteiger partial charge in [-0.1, -0.05) is 19.9 Å². The van der Waals surface area contributed by atoms with E-state index in [9.17, 15) is 4.79 Å². The first-order chi connectivity index (χ1) is 12.7. The molecule has 0 radical (unpaired) electrons. The van der Waals surface area contributed by atoms with Crippen LogP contribution in [0.2, 0.25) is 0 Å². The Hall–Kier alpha value is -2.83. The zero-order valence-electron chi connectivity index (χ0n) is 15.2. The fraction of sp³-hybridized carbons (Fsp3) is 0.421. The predicted molar refractivity (Wildman–Crippen MR) is 98.6 cm³/mol. The maximum atomic E-state index is 12.3. The molecular weight excluding hydrogens is 332 g/mol. The van der Waals surface area contributed by atoms with E-state index in [1.54, 1.807) is 6.20 Å². The maximum absolute atomic E-state index is 12.3. The van der Waals surface area contributed by atoms with Gasteiger partial charge in [-0.3, -0.25) is 4.79 Å². The third-order valence-electron chi connectivity index (χ3n) is 4.07. The minimum atomic E-state index is -0.251. The number of ether oxygens (including phenoxy) is 2. The zero-order chi connectivity index (χ0) is 18.4. The number of fused-ring (bicyclic) bond motifs is 1. The molecule has 26 heavy (non-hydrogen) atoms. The average Bonchev–Trinajstić information content (AvgIpc) is 3.14. The van der Waals surface area contributed by atoms with Crippen LogP contribution in [0.1, 0.15) is 42.7 Å². The van der Waals surface area contributed by atoms with Crippen molar-refractivity contribution >= 4 is 11.7 Å². The van der Waals surface area contributed by atoms with E-state index in [-0.39, 0.29) is 12.7 Å². The Morgan fingerprint density at radius 1 is 1.12 bits per heavy atom. The monoisotopic (exact) mass is 356 g/mol. The van der Waals surface area contributed by atoms with Crippen LogP contribution in [-0.4, -0.2) is 35.8 Å². The van der Waals surface area contributed by atoms with Crippen molar-refractivity contribution in [3.8, 4) is 11.5 Å². The molecule has 0 saturated heterocycles. The third kappa shape index (κ3) is 4.22. The van der Waals surface area contributed by atoms with Crippen molar-refractivity contribution in [3.63, 3.8) is 0 Å². The molecule has 0 spiro atoms. The Morgan fingerprint density at radius 2 is 1.88 bits per heavy atom. The fourth-order valence-electron chi connectivity index (χ4n) is 2.81. The average molecular weight is 356 g/mol. The quantitative estimate of drug-likeness (QED) is 0.784. The van der Waals surface area contributed by atoms with Gasteiger partial charge >= 0.3 is 0 Å². The van der Waals surface area contributed by atoms with Gasteiger partial charge in [0.2, 0.25) is 6.79 Å². The summed E-state index contributed by atoms with van der Waals surface area (Å²) in [7, 11) is 0. The highest BCUT2D eigenvalue weighted by Crippen LogP contribution is 2.32. The van der Waals surface area contributed by atoms with Gasteiger partial charge in [0.05, 0.1) is 12.4 Å². The van der Waals surface area contributed by atoms with Gasteiger partial charge in [-0.2, -0.15) is 0 Å². The van der Waals surface area contributed by atoms with Crippen LogP contribution in [0.4, 0.5) is 5.82 Å². The lowest BCUT2D eigenvalue weighted by Crippen LogP contribution is -2.27. The van der Waals surface area contributed by atoms with E-state index in [0.717, 1.165) is 43.1 Å². The number of amides is 1. The summed E-state index contributed by atoms with van der Waals surface area (Å²) in [5.41, 5.74) is 1.24. The van der Waals surface area contributed by atoms with Gasteiger partial charge in [0.25, 0.3) is 5.91 Å². The minimum Gasteiger partial charge on any atom is -0.454 e. The lowest BCUT2D eigenvalue weighted by Gasteiger charge is -2.22. The second-order valence-electron chi connectivity index (χ2n) is 6.12. The van der Waals surface area contributed by atoms with Gasteiger partial charge < -0.3 is 19.7 Å². The molecule has 1 aromatic heterocycles. The molecule has 2 heterocycles. The summed E-state index contributed by atoms with van der Waals surface area (Å²) in [6.45, 7) is 6.75. The van der Waals surface area contributed by atoms with E-state index in [1.165, 1.54) is 6.20 Å². The summed E-state index contributed by atoms with van der Waals surface area (Å²) in [4.78, 5) is 23.2. The molecule has 1 aliphatic heterocycles. The van der Waals surface area contributed by atoms with Crippen molar-refractivity contribution in [1.82, 2.24) is 15.3 Å². The highest BCUT2D eigenvalue weighted by molar-refractivity contribution is 5.92. The second-order valence-corrected chi connectivity index (χ2v) is 6.12. The number of carbonyl (C=O) groups is 1. The van der Waals surface area contributed by atoms with E-state index in [0.29, 0.717) is 18.0 Å². The van der Waals surface area contributed by atoms with Crippen molar-refractivity contribution in [1.29, 1.82) is 0 Å². The number of nitrogens with zero attached hydrogens (tertiary/aromatic N) is 3. The number of nitrogens with one attached hydrogen (secondary N) is 1. The van der Waals surface area contributed by atoms with Crippen LogP contribution in [0.25, 0.3) is 0 Å². The van der Waals surface area contributed by atoms with Gasteiger partial charge in [0.1, 0.15) is 11.5 Å². The summed E-state index contributed by atoms with van der Waals surface area (Å²) in [5, 5.41) is 2.85. The van der Waals surface area contributed by atoms with Gasteiger partial charge in [0.15, 0.2) is 11.5 Å². The Kier molecular flexibility index (Phi) is 5.88. The zero-order valence-corrected chi connectivity index (χ0v) is 15.2. The molecule has 0 bridgehead atoms. The molecule has 1 aliphatic rings. The summed E-state index contributed by atoms with van der Waals surface area (Å²) in [6, 6.07) is 5.61. The molecule has 7 nitrogen and oxygen atoms in total. The van der Waals surface area contributed by atoms with Gasteiger partial charge in [0, 0.05) is 19.6 Å². The molecule has 3 rings (SSSR count). The first kappa shape index (κ1) is 18.0. The molecule has 0 unspecified atom stereocenters. The molecule has 1 N–H and O–H groups in total. The van der Waals surface area contributed by atoms with Crippen LogP contribution in [0.15, 0.2) is 30.6 Å². The minimum absolute atomic E-state index is 0.236. The summed E-state index contributed by atoms with van der Waals surface area (Å²) in [6.07, 6.45) is 5.28. The maximum Gasteiger partial charge on any atom is 0.271 e. The number of anilines is 1. The summed E-state index contributed by atoms with van der Waals surface area (Å²) >= 11 is 0. The van der Waals surface area contributed by atoms with E-state index < -0.39 is 0 Å². The van der Waals surface area contributed by atoms with Gasteiger partial charge in [-0.05, 0) is 30.5 Å². The number of carbonyl (C=O) groups excluding carboxylic acids is 1. The van der Waals surface area contributed by atoms with Crippen LogP contribution in [0, 0.1) is 0 Å². The standard InChI is InChI=1S/C19H24N4O3/c1-3-7-23(8-4-2)18-12-20-15(11-21-18)19(24)22-10-14-5-6-16-17(9-14)26-13-25-16/h5-6,9,11-12H,3-4,7-8,10,13H2,1-2H3,(H,22,24). The lowest BCUT2D eigenvalue weighted by atomic mass is 10.2. The van der Waals surface area contributed by atoms with Crippen molar-refractivity contribution in [2.45, 2.75) is 33.2 Å². The SMILES string of the molecule is CCCN(CCC)c1cnc(C(=O)NCc2ccc3c(c2)OCO3)cn1. The summed E-state index contributed by atoms with van der Waals surface area (Å²) in [5.74, 6) is 1.98.